The molecule has 31 heavy (non-hydrogen) atoms. The summed E-state index contributed by atoms with van der Waals surface area (Å²) in [7, 11) is 1.59. The third-order valence-corrected chi connectivity index (χ3v) is 5.62. The molecule has 0 bridgehead atoms. The van der Waals surface area contributed by atoms with Crippen molar-refractivity contribution in [1.82, 2.24) is 25.4 Å². The molecule has 1 aliphatic heterocycles. The Labute approximate surface area is 180 Å². The van der Waals surface area contributed by atoms with Crippen molar-refractivity contribution in [2.24, 2.45) is 0 Å². The van der Waals surface area contributed by atoms with E-state index in [1.165, 1.54) is 6.92 Å². The van der Waals surface area contributed by atoms with Crippen LogP contribution in [0.25, 0.3) is 11.4 Å². The fourth-order valence-electron chi connectivity index (χ4n) is 4.05. The number of hydrogen-bond donors (Lipinski definition) is 2. The zero-order chi connectivity index (χ0) is 22.0. The highest BCUT2D eigenvalue weighted by molar-refractivity contribution is 5.96. The summed E-state index contributed by atoms with van der Waals surface area (Å²) in [6.45, 7) is 4.15. The lowest BCUT2D eigenvalue weighted by Gasteiger charge is -2.18. The maximum Gasteiger partial charge on any atom is 0.254 e. The molecule has 8 heteroatoms. The summed E-state index contributed by atoms with van der Waals surface area (Å²) in [4.78, 5) is 31.5. The molecule has 2 atom stereocenters. The monoisotopic (exact) mass is 419 g/mol. The van der Waals surface area contributed by atoms with E-state index in [0.29, 0.717) is 36.1 Å². The predicted octanol–water partition coefficient (Wildman–Crippen LogP) is 2.53. The largest absolute Gasteiger partial charge is 0.496 e. The number of carbonyl (C=O) groups is 2. The third-order valence-electron chi connectivity index (χ3n) is 5.62. The summed E-state index contributed by atoms with van der Waals surface area (Å²) in [5.74, 6) is 1.47. The van der Waals surface area contributed by atoms with E-state index < -0.39 is 0 Å². The molecule has 0 unspecified atom stereocenters. The van der Waals surface area contributed by atoms with Crippen LogP contribution in [0.5, 0.6) is 5.75 Å². The molecule has 0 radical (unpaired) electrons. The van der Waals surface area contributed by atoms with E-state index in [1.807, 2.05) is 43.3 Å². The number of rotatable bonds is 5. The summed E-state index contributed by atoms with van der Waals surface area (Å²) in [5, 5.41) is 10.3. The molecule has 160 valence electrons. The Balaban J connectivity index is 1.61. The van der Waals surface area contributed by atoms with Gasteiger partial charge in [-0.2, -0.15) is 5.10 Å². The first-order valence-corrected chi connectivity index (χ1v) is 10.2. The van der Waals surface area contributed by atoms with E-state index in [0.717, 1.165) is 11.1 Å². The van der Waals surface area contributed by atoms with Gasteiger partial charge in [-0.3, -0.25) is 14.7 Å². The average Bonchev–Trinajstić information content (AvgIpc) is 3.41. The minimum atomic E-state index is -0.260. The highest BCUT2D eigenvalue weighted by Gasteiger charge is 2.39. The van der Waals surface area contributed by atoms with Crippen LogP contribution in [0.3, 0.4) is 0 Å². The number of aromatic nitrogens is 3. The third kappa shape index (κ3) is 4.14. The Hall–Kier alpha value is -3.68. The van der Waals surface area contributed by atoms with Crippen molar-refractivity contribution >= 4 is 11.8 Å². The van der Waals surface area contributed by atoms with Crippen molar-refractivity contribution in [3.63, 3.8) is 0 Å². The number of nitrogens with one attached hydrogen (secondary N) is 2. The van der Waals surface area contributed by atoms with Crippen molar-refractivity contribution in [3.05, 3.63) is 65.5 Å². The Morgan fingerprint density at radius 3 is 2.61 bits per heavy atom. The molecule has 2 amide bonds. The van der Waals surface area contributed by atoms with E-state index in [1.54, 1.807) is 24.1 Å². The van der Waals surface area contributed by atoms with Gasteiger partial charge in [-0.15, -0.1) is 0 Å². The Kier molecular flexibility index (Phi) is 5.70. The zero-order valence-electron chi connectivity index (χ0n) is 17.8. The molecule has 2 aromatic carbocycles. The SMILES string of the molecule is COc1cccc(C(=O)N2C[C@@H](NC(C)=O)[C@H](c3nc(-c4ccccc4)n[nH]3)C2)c1C. The van der Waals surface area contributed by atoms with Gasteiger partial charge in [0.1, 0.15) is 11.6 Å². The minimum absolute atomic E-state index is 0.1000. The first-order chi connectivity index (χ1) is 15.0. The van der Waals surface area contributed by atoms with Crippen LogP contribution in [-0.2, 0) is 4.79 Å². The second-order valence-electron chi connectivity index (χ2n) is 7.67. The quantitative estimate of drug-likeness (QED) is 0.662. The van der Waals surface area contributed by atoms with Crippen molar-refractivity contribution in [1.29, 1.82) is 0 Å². The topological polar surface area (TPSA) is 100 Å². The predicted molar refractivity (Wildman–Crippen MR) is 116 cm³/mol. The lowest BCUT2D eigenvalue weighted by atomic mass is 10.0. The maximum atomic E-state index is 13.3. The van der Waals surface area contributed by atoms with Gasteiger partial charge in [0.05, 0.1) is 19.1 Å². The summed E-state index contributed by atoms with van der Waals surface area (Å²) < 4.78 is 5.36. The lowest BCUT2D eigenvalue weighted by molar-refractivity contribution is -0.119. The van der Waals surface area contributed by atoms with Gasteiger partial charge in [0.25, 0.3) is 5.91 Å². The number of ether oxygens (including phenoxy) is 1. The van der Waals surface area contributed by atoms with Gasteiger partial charge in [0, 0.05) is 36.7 Å². The van der Waals surface area contributed by atoms with Crippen molar-refractivity contribution < 1.29 is 14.3 Å². The van der Waals surface area contributed by atoms with Crippen LogP contribution in [0, 0.1) is 6.92 Å². The standard InChI is InChI=1S/C23H25N5O3/c1-14-17(10-7-11-20(14)31-3)23(30)28-12-18(19(13-28)24-15(2)29)22-25-21(26-27-22)16-8-5-4-6-9-16/h4-11,18-19H,12-13H2,1-3H3,(H,24,29)(H,25,26,27)/t18-,19-/m1/s1. The highest BCUT2D eigenvalue weighted by atomic mass is 16.5. The minimum Gasteiger partial charge on any atom is -0.496 e. The molecule has 1 aliphatic rings. The number of nitrogens with zero attached hydrogens (tertiary/aromatic N) is 3. The van der Waals surface area contributed by atoms with Crippen molar-refractivity contribution in [3.8, 4) is 17.1 Å². The molecule has 1 fully saturated rings. The highest BCUT2D eigenvalue weighted by Crippen LogP contribution is 2.30. The van der Waals surface area contributed by atoms with Gasteiger partial charge in [-0.05, 0) is 19.1 Å². The molecule has 1 aromatic heterocycles. The number of methoxy groups -OCH3 is 1. The molecular weight excluding hydrogens is 394 g/mol. The number of benzene rings is 2. The summed E-state index contributed by atoms with van der Waals surface area (Å²) in [6.07, 6.45) is 0. The van der Waals surface area contributed by atoms with Crippen LogP contribution in [0.2, 0.25) is 0 Å². The molecule has 3 aromatic rings. The van der Waals surface area contributed by atoms with Crippen LogP contribution < -0.4 is 10.1 Å². The van der Waals surface area contributed by atoms with E-state index in [-0.39, 0.29) is 23.8 Å². The molecule has 2 N–H and O–H groups in total. The fourth-order valence-corrected chi connectivity index (χ4v) is 4.05. The van der Waals surface area contributed by atoms with Gasteiger partial charge >= 0.3 is 0 Å². The smallest absolute Gasteiger partial charge is 0.254 e. The number of H-pyrrole nitrogens is 1. The Bertz CT molecular complexity index is 1100. The van der Waals surface area contributed by atoms with Crippen LogP contribution in [0.15, 0.2) is 48.5 Å². The maximum absolute atomic E-state index is 13.3. The van der Waals surface area contributed by atoms with E-state index in [9.17, 15) is 9.59 Å². The zero-order valence-corrected chi connectivity index (χ0v) is 17.8. The number of aromatic amines is 1. The van der Waals surface area contributed by atoms with E-state index in [2.05, 4.69) is 20.5 Å². The molecule has 0 spiro atoms. The van der Waals surface area contributed by atoms with E-state index in [4.69, 9.17) is 4.74 Å². The van der Waals surface area contributed by atoms with Crippen LogP contribution in [0.1, 0.15) is 34.6 Å². The second-order valence-corrected chi connectivity index (χ2v) is 7.67. The Morgan fingerprint density at radius 1 is 1.13 bits per heavy atom. The van der Waals surface area contributed by atoms with Gasteiger partial charge in [-0.1, -0.05) is 36.4 Å². The molecule has 8 nitrogen and oxygen atoms in total. The second kappa shape index (κ2) is 8.59. The summed E-state index contributed by atoms with van der Waals surface area (Å²) >= 11 is 0. The Morgan fingerprint density at radius 2 is 1.90 bits per heavy atom. The van der Waals surface area contributed by atoms with Gasteiger partial charge < -0.3 is 15.0 Å². The molecule has 2 heterocycles. The summed E-state index contributed by atoms with van der Waals surface area (Å²) in [6, 6.07) is 14.8. The summed E-state index contributed by atoms with van der Waals surface area (Å²) in [5.41, 5.74) is 2.28. The molecule has 0 aliphatic carbocycles. The van der Waals surface area contributed by atoms with Crippen molar-refractivity contribution in [2.45, 2.75) is 25.8 Å². The van der Waals surface area contributed by atoms with Crippen LogP contribution in [0.4, 0.5) is 0 Å². The molecular formula is C23H25N5O3. The van der Waals surface area contributed by atoms with E-state index >= 15 is 0 Å². The van der Waals surface area contributed by atoms with Crippen molar-refractivity contribution in [2.75, 3.05) is 20.2 Å². The molecule has 0 saturated carbocycles. The van der Waals surface area contributed by atoms with Gasteiger partial charge in [0.2, 0.25) is 5.91 Å². The lowest BCUT2D eigenvalue weighted by Crippen LogP contribution is -2.39. The average molecular weight is 419 g/mol. The normalized spacial score (nSPS) is 18.1. The molecule has 4 rings (SSSR count). The number of amides is 2. The number of carbonyl (C=O) groups excluding carboxylic acids is 2. The molecule has 1 saturated heterocycles. The first-order valence-electron chi connectivity index (χ1n) is 10.2. The van der Waals surface area contributed by atoms with Gasteiger partial charge in [-0.25, -0.2) is 4.98 Å². The number of likely N-dealkylation sites (tertiary alicyclic amines) is 1. The number of hydrogen-bond acceptors (Lipinski definition) is 5. The fraction of sp³-hybridized carbons (Fsp3) is 0.304. The van der Waals surface area contributed by atoms with Crippen LogP contribution in [-0.4, -0.2) is 58.1 Å². The van der Waals surface area contributed by atoms with Gasteiger partial charge in [0.15, 0.2) is 5.82 Å². The first kappa shape index (κ1) is 20.6. The van der Waals surface area contributed by atoms with Crippen LogP contribution >= 0.6 is 0 Å².